The smallest absolute Gasteiger partial charge is 0.251 e. The van der Waals surface area contributed by atoms with Crippen LogP contribution >= 0.6 is 22.6 Å². The molecule has 0 heterocycles. The first-order valence-electron chi connectivity index (χ1n) is 5.45. The van der Waals surface area contributed by atoms with E-state index in [-0.39, 0.29) is 12.0 Å². The second-order valence-electron chi connectivity index (χ2n) is 3.95. The summed E-state index contributed by atoms with van der Waals surface area (Å²) in [6.45, 7) is 4.94. The lowest BCUT2D eigenvalue weighted by molar-refractivity contribution is 0.0746. The Morgan fingerprint density at radius 2 is 2.18 bits per heavy atom. The Balaban J connectivity index is 2.47. The molecule has 1 aromatic rings. The largest absolute Gasteiger partial charge is 0.399 e. The normalized spacial score (nSPS) is 10.6. The summed E-state index contributed by atoms with van der Waals surface area (Å²) in [4.78, 5) is 11.8. The number of rotatable bonds is 5. The quantitative estimate of drug-likeness (QED) is 0.486. The second kappa shape index (κ2) is 6.80. The van der Waals surface area contributed by atoms with E-state index in [9.17, 15) is 4.79 Å². The third kappa shape index (κ3) is 5.36. The molecule has 0 radical (unpaired) electrons. The van der Waals surface area contributed by atoms with Gasteiger partial charge in [-0.1, -0.05) is 0 Å². The minimum atomic E-state index is -0.123. The summed E-state index contributed by atoms with van der Waals surface area (Å²) in [5, 5.41) is 2.79. The Morgan fingerprint density at radius 3 is 2.76 bits per heavy atom. The van der Waals surface area contributed by atoms with Gasteiger partial charge < -0.3 is 15.8 Å². The van der Waals surface area contributed by atoms with Crippen LogP contribution in [-0.2, 0) is 4.74 Å². The molecule has 0 unspecified atom stereocenters. The minimum absolute atomic E-state index is 0.123. The highest BCUT2D eigenvalue weighted by Crippen LogP contribution is 2.13. The topological polar surface area (TPSA) is 64.3 Å². The maximum atomic E-state index is 11.8. The average Bonchev–Trinajstić information content (AvgIpc) is 2.22. The average molecular weight is 348 g/mol. The summed E-state index contributed by atoms with van der Waals surface area (Å²) in [7, 11) is 0. The molecule has 0 saturated carbocycles. The molecule has 3 N–H and O–H groups in total. The zero-order valence-electron chi connectivity index (χ0n) is 10.00. The lowest BCUT2D eigenvalue weighted by Crippen LogP contribution is -2.28. The van der Waals surface area contributed by atoms with Crippen molar-refractivity contribution in [1.29, 1.82) is 0 Å². The van der Waals surface area contributed by atoms with Gasteiger partial charge in [-0.2, -0.15) is 0 Å². The zero-order valence-corrected chi connectivity index (χ0v) is 12.2. The fourth-order valence-electron chi connectivity index (χ4n) is 1.30. The molecule has 0 spiro atoms. The van der Waals surface area contributed by atoms with Gasteiger partial charge in [0.05, 0.1) is 12.7 Å². The summed E-state index contributed by atoms with van der Waals surface area (Å²) in [5.41, 5.74) is 6.86. The van der Waals surface area contributed by atoms with Crippen LogP contribution in [-0.4, -0.2) is 25.2 Å². The van der Waals surface area contributed by atoms with E-state index < -0.39 is 0 Å². The molecular weight excluding hydrogens is 331 g/mol. The minimum Gasteiger partial charge on any atom is -0.399 e. The van der Waals surface area contributed by atoms with Gasteiger partial charge in [0.2, 0.25) is 0 Å². The van der Waals surface area contributed by atoms with E-state index in [1.165, 1.54) is 0 Å². The van der Waals surface area contributed by atoms with Gasteiger partial charge in [-0.15, -0.1) is 0 Å². The molecule has 94 valence electrons. The van der Waals surface area contributed by atoms with Crippen molar-refractivity contribution in [3.8, 4) is 0 Å². The first kappa shape index (κ1) is 14.2. The number of carbonyl (C=O) groups excluding carboxylic acids is 1. The molecule has 5 heteroatoms. The van der Waals surface area contributed by atoms with Gasteiger partial charge in [0.25, 0.3) is 5.91 Å². The molecule has 0 aliphatic carbocycles. The zero-order chi connectivity index (χ0) is 12.8. The molecule has 17 heavy (non-hydrogen) atoms. The number of nitrogens with two attached hydrogens (primary N) is 1. The van der Waals surface area contributed by atoms with Crippen molar-refractivity contribution in [3.63, 3.8) is 0 Å². The first-order valence-corrected chi connectivity index (χ1v) is 6.53. The van der Waals surface area contributed by atoms with E-state index in [4.69, 9.17) is 10.5 Å². The van der Waals surface area contributed by atoms with Crippen molar-refractivity contribution >= 4 is 34.2 Å². The number of halogens is 1. The van der Waals surface area contributed by atoms with Gasteiger partial charge in [-0.3, -0.25) is 4.79 Å². The molecular formula is C12H17IN2O2. The van der Waals surface area contributed by atoms with Crippen LogP contribution in [0.25, 0.3) is 0 Å². The Morgan fingerprint density at radius 1 is 1.47 bits per heavy atom. The van der Waals surface area contributed by atoms with Crippen LogP contribution in [0.15, 0.2) is 18.2 Å². The molecule has 0 aliphatic rings. The number of hydrogen-bond acceptors (Lipinski definition) is 3. The number of ether oxygens (including phenoxy) is 1. The van der Waals surface area contributed by atoms with Gasteiger partial charge in [-0.05, 0) is 54.6 Å². The van der Waals surface area contributed by atoms with Gasteiger partial charge in [0.15, 0.2) is 0 Å². The molecule has 0 saturated heterocycles. The van der Waals surface area contributed by atoms with Crippen LogP contribution in [0, 0.1) is 3.57 Å². The maximum Gasteiger partial charge on any atom is 0.251 e. The predicted octanol–water partition coefficient (Wildman–Crippen LogP) is 2.03. The molecule has 1 aromatic carbocycles. The van der Waals surface area contributed by atoms with Crippen LogP contribution in [0.2, 0.25) is 0 Å². The van der Waals surface area contributed by atoms with Gasteiger partial charge >= 0.3 is 0 Å². The van der Waals surface area contributed by atoms with Gasteiger partial charge in [-0.25, -0.2) is 0 Å². The number of nitrogens with one attached hydrogen (secondary N) is 1. The monoisotopic (exact) mass is 348 g/mol. The van der Waals surface area contributed by atoms with E-state index in [1.807, 2.05) is 19.9 Å². The Hall–Kier alpha value is -0.820. The molecule has 1 amide bonds. The molecule has 0 bridgehead atoms. The SMILES string of the molecule is CC(C)OCCNC(=O)c1cc(N)cc(I)c1. The lowest BCUT2D eigenvalue weighted by Gasteiger charge is -2.09. The van der Waals surface area contributed by atoms with Crippen LogP contribution < -0.4 is 11.1 Å². The standard InChI is InChI=1S/C12H17IN2O2/c1-8(2)17-4-3-15-12(16)9-5-10(13)7-11(14)6-9/h5-8H,3-4,14H2,1-2H3,(H,15,16). The number of nitrogen functional groups attached to an aromatic ring is 1. The van der Waals surface area contributed by atoms with Crippen molar-refractivity contribution in [3.05, 3.63) is 27.3 Å². The number of amides is 1. The van der Waals surface area contributed by atoms with Crippen molar-refractivity contribution in [1.82, 2.24) is 5.32 Å². The maximum absolute atomic E-state index is 11.8. The summed E-state index contributed by atoms with van der Waals surface area (Å²) in [6.07, 6.45) is 0.181. The Bertz CT molecular complexity index is 374. The van der Waals surface area contributed by atoms with Gasteiger partial charge in [0.1, 0.15) is 0 Å². The fourth-order valence-corrected chi connectivity index (χ4v) is 2.00. The van der Waals surface area contributed by atoms with Crippen molar-refractivity contribution < 1.29 is 9.53 Å². The van der Waals surface area contributed by atoms with E-state index >= 15 is 0 Å². The van der Waals surface area contributed by atoms with Crippen molar-refractivity contribution in [2.45, 2.75) is 20.0 Å². The third-order valence-electron chi connectivity index (χ3n) is 2.02. The Labute approximate surface area is 115 Å². The molecule has 1 rings (SSSR count). The summed E-state index contributed by atoms with van der Waals surface area (Å²) in [5.74, 6) is -0.123. The highest BCUT2D eigenvalue weighted by atomic mass is 127. The van der Waals surface area contributed by atoms with Crippen molar-refractivity contribution in [2.75, 3.05) is 18.9 Å². The molecule has 0 fully saturated rings. The van der Waals surface area contributed by atoms with Crippen LogP contribution in [0.3, 0.4) is 0 Å². The highest BCUT2D eigenvalue weighted by molar-refractivity contribution is 14.1. The summed E-state index contributed by atoms with van der Waals surface area (Å²) in [6, 6.07) is 5.29. The Kier molecular flexibility index (Phi) is 5.70. The van der Waals surface area contributed by atoms with Gasteiger partial charge in [0, 0.05) is 21.4 Å². The predicted molar refractivity (Wildman–Crippen MR) is 77.0 cm³/mol. The number of carbonyl (C=O) groups is 1. The first-order chi connectivity index (χ1) is 7.99. The molecule has 0 atom stereocenters. The van der Waals surface area contributed by atoms with Crippen LogP contribution in [0.5, 0.6) is 0 Å². The van der Waals surface area contributed by atoms with Crippen molar-refractivity contribution in [2.24, 2.45) is 0 Å². The van der Waals surface area contributed by atoms with Crippen LogP contribution in [0.4, 0.5) is 5.69 Å². The fraction of sp³-hybridized carbons (Fsp3) is 0.417. The third-order valence-corrected chi connectivity index (χ3v) is 2.64. The summed E-state index contributed by atoms with van der Waals surface area (Å²) < 4.78 is 6.28. The van der Waals surface area contributed by atoms with Crippen LogP contribution in [0.1, 0.15) is 24.2 Å². The van der Waals surface area contributed by atoms with E-state index in [2.05, 4.69) is 27.9 Å². The molecule has 0 aliphatic heterocycles. The highest BCUT2D eigenvalue weighted by Gasteiger charge is 2.06. The number of anilines is 1. The lowest BCUT2D eigenvalue weighted by atomic mass is 10.2. The van der Waals surface area contributed by atoms with E-state index in [0.29, 0.717) is 24.4 Å². The number of hydrogen-bond donors (Lipinski definition) is 2. The molecule has 4 nitrogen and oxygen atoms in total. The second-order valence-corrected chi connectivity index (χ2v) is 5.19. The number of benzene rings is 1. The molecule has 0 aromatic heterocycles. The summed E-state index contributed by atoms with van der Waals surface area (Å²) >= 11 is 2.13. The van der Waals surface area contributed by atoms with E-state index in [1.54, 1.807) is 12.1 Å². The van der Waals surface area contributed by atoms with E-state index in [0.717, 1.165) is 3.57 Å².